The largest absolute Gasteiger partial charge is 0.460 e. The van der Waals surface area contributed by atoms with E-state index in [2.05, 4.69) is 24.4 Å². The summed E-state index contributed by atoms with van der Waals surface area (Å²) in [5.41, 5.74) is 0.738. The Balaban J connectivity index is 1.97. The highest BCUT2D eigenvalue weighted by atomic mass is 16.6. The fourth-order valence-corrected chi connectivity index (χ4v) is 2.49. The van der Waals surface area contributed by atoms with Gasteiger partial charge < -0.3 is 14.8 Å². The predicted molar refractivity (Wildman–Crippen MR) is 81.9 cm³/mol. The van der Waals surface area contributed by atoms with Crippen LogP contribution >= 0.6 is 0 Å². The SMILES string of the molecule is C[C@@H](N[C@H]1COC[C@@H]1C(=O)OC(C)(C)C)c1ccccc1. The van der Waals surface area contributed by atoms with Gasteiger partial charge in [0.1, 0.15) is 5.60 Å². The Labute approximate surface area is 126 Å². The Bertz CT molecular complexity index is 467. The third-order valence-electron chi connectivity index (χ3n) is 3.55. The Morgan fingerprint density at radius 3 is 2.57 bits per heavy atom. The van der Waals surface area contributed by atoms with Crippen molar-refractivity contribution in [3.05, 3.63) is 35.9 Å². The Morgan fingerprint density at radius 2 is 1.95 bits per heavy atom. The Morgan fingerprint density at radius 1 is 1.29 bits per heavy atom. The first-order chi connectivity index (χ1) is 9.87. The molecule has 3 atom stereocenters. The lowest BCUT2D eigenvalue weighted by atomic mass is 10.0. The van der Waals surface area contributed by atoms with Crippen molar-refractivity contribution >= 4 is 5.97 Å². The molecule has 1 saturated heterocycles. The molecule has 1 heterocycles. The molecule has 116 valence electrons. The fourth-order valence-electron chi connectivity index (χ4n) is 2.49. The highest BCUT2D eigenvalue weighted by molar-refractivity contribution is 5.74. The van der Waals surface area contributed by atoms with Crippen molar-refractivity contribution in [3.8, 4) is 0 Å². The standard InChI is InChI=1S/C17H25NO3/c1-12(13-8-6-5-7-9-13)18-15-11-20-10-14(15)16(19)21-17(2,3)4/h5-9,12,14-15,18H,10-11H2,1-4H3/t12-,14+,15+/m1/s1. The smallest absolute Gasteiger partial charge is 0.313 e. The van der Waals surface area contributed by atoms with Gasteiger partial charge in [-0.3, -0.25) is 4.79 Å². The van der Waals surface area contributed by atoms with E-state index in [0.717, 1.165) is 0 Å². The number of nitrogens with one attached hydrogen (secondary N) is 1. The second kappa shape index (κ2) is 6.58. The summed E-state index contributed by atoms with van der Waals surface area (Å²) in [6.07, 6.45) is 0. The van der Waals surface area contributed by atoms with Gasteiger partial charge in [-0.1, -0.05) is 30.3 Å². The van der Waals surface area contributed by atoms with Gasteiger partial charge in [-0.15, -0.1) is 0 Å². The van der Waals surface area contributed by atoms with Crippen molar-refractivity contribution in [1.29, 1.82) is 0 Å². The molecule has 21 heavy (non-hydrogen) atoms. The minimum Gasteiger partial charge on any atom is -0.460 e. The van der Waals surface area contributed by atoms with Gasteiger partial charge in [0.25, 0.3) is 0 Å². The summed E-state index contributed by atoms with van der Waals surface area (Å²) in [7, 11) is 0. The molecule has 1 fully saturated rings. The number of esters is 1. The second-order valence-corrected chi connectivity index (χ2v) is 6.58. The highest BCUT2D eigenvalue weighted by Crippen LogP contribution is 2.22. The molecule has 0 unspecified atom stereocenters. The number of ether oxygens (including phenoxy) is 2. The van der Waals surface area contributed by atoms with Crippen LogP contribution in [-0.4, -0.2) is 30.8 Å². The quantitative estimate of drug-likeness (QED) is 0.867. The van der Waals surface area contributed by atoms with Gasteiger partial charge in [0, 0.05) is 12.1 Å². The van der Waals surface area contributed by atoms with Crippen LogP contribution < -0.4 is 5.32 Å². The van der Waals surface area contributed by atoms with Gasteiger partial charge in [0.05, 0.1) is 19.1 Å². The van der Waals surface area contributed by atoms with E-state index in [9.17, 15) is 4.79 Å². The molecule has 4 heteroatoms. The van der Waals surface area contributed by atoms with E-state index < -0.39 is 5.60 Å². The van der Waals surface area contributed by atoms with E-state index in [1.54, 1.807) is 0 Å². The predicted octanol–water partition coefficient (Wildman–Crippen LogP) is 2.69. The number of hydrogen-bond donors (Lipinski definition) is 1. The van der Waals surface area contributed by atoms with Crippen LogP contribution in [0.2, 0.25) is 0 Å². The number of carbonyl (C=O) groups excluding carboxylic acids is 1. The van der Waals surface area contributed by atoms with Crippen LogP contribution in [0.1, 0.15) is 39.3 Å². The van der Waals surface area contributed by atoms with E-state index in [-0.39, 0.29) is 24.0 Å². The van der Waals surface area contributed by atoms with Crippen molar-refractivity contribution in [2.75, 3.05) is 13.2 Å². The number of hydrogen-bond acceptors (Lipinski definition) is 4. The van der Waals surface area contributed by atoms with Gasteiger partial charge in [0.15, 0.2) is 0 Å². The molecule has 1 N–H and O–H groups in total. The lowest BCUT2D eigenvalue weighted by Crippen LogP contribution is -2.42. The van der Waals surface area contributed by atoms with Crippen LogP contribution in [0.25, 0.3) is 0 Å². The summed E-state index contributed by atoms with van der Waals surface area (Å²) >= 11 is 0. The molecule has 1 aliphatic rings. The van der Waals surface area contributed by atoms with Crippen molar-refractivity contribution in [2.45, 2.75) is 45.4 Å². The maximum Gasteiger partial charge on any atom is 0.313 e. The molecular formula is C17H25NO3. The topological polar surface area (TPSA) is 47.6 Å². The normalized spacial score (nSPS) is 23.8. The van der Waals surface area contributed by atoms with E-state index in [1.807, 2.05) is 39.0 Å². The third kappa shape index (κ3) is 4.55. The lowest BCUT2D eigenvalue weighted by molar-refractivity contribution is -0.160. The van der Waals surface area contributed by atoms with E-state index in [0.29, 0.717) is 13.2 Å². The summed E-state index contributed by atoms with van der Waals surface area (Å²) in [4.78, 5) is 12.2. The van der Waals surface area contributed by atoms with Gasteiger partial charge in [-0.25, -0.2) is 0 Å². The minimum atomic E-state index is -0.463. The maximum atomic E-state index is 12.2. The van der Waals surface area contributed by atoms with Crippen LogP contribution in [0.5, 0.6) is 0 Å². The monoisotopic (exact) mass is 291 g/mol. The van der Waals surface area contributed by atoms with Crippen molar-refractivity contribution in [3.63, 3.8) is 0 Å². The van der Waals surface area contributed by atoms with Crippen LogP contribution in [0.3, 0.4) is 0 Å². The molecule has 0 amide bonds. The van der Waals surface area contributed by atoms with Crippen LogP contribution in [0, 0.1) is 5.92 Å². The number of rotatable bonds is 4. The van der Waals surface area contributed by atoms with Gasteiger partial charge >= 0.3 is 5.97 Å². The summed E-state index contributed by atoms with van der Waals surface area (Å²) in [6, 6.07) is 10.4. The highest BCUT2D eigenvalue weighted by Gasteiger charge is 2.37. The van der Waals surface area contributed by atoms with Crippen LogP contribution in [-0.2, 0) is 14.3 Å². The van der Waals surface area contributed by atoms with E-state index >= 15 is 0 Å². The fraction of sp³-hybridized carbons (Fsp3) is 0.588. The average Bonchev–Trinajstić information content (AvgIpc) is 2.86. The first-order valence-electron chi connectivity index (χ1n) is 7.48. The summed E-state index contributed by atoms with van der Waals surface area (Å²) in [6.45, 7) is 8.72. The molecular weight excluding hydrogens is 266 g/mol. The molecule has 2 rings (SSSR count). The zero-order chi connectivity index (χ0) is 15.5. The second-order valence-electron chi connectivity index (χ2n) is 6.58. The first kappa shape index (κ1) is 16.0. The molecule has 1 aromatic carbocycles. The van der Waals surface area contributed by atoms with Gasteiger partial charge in [0.2, 0.25) is 0 Å². The maximum absolute atomic E-state index is 12.2. The molecule has 4 nitrogen and oxygen atoms in total. The lowest BCUT2D eigenvalue weighted by Gasteiger charge is -2.26. The van der Waals surface area contributed by atoms with E-state index in [4.69, 9.17) is 9.47 Å². The Hall–Kier alpha value is -1.39. The zero-order valence-electron chi connectivity index (χ0n) is 13.3. The molecule has 0 radical (unpaired) electrons. The van der Waals surface area contributed by atoms with Crippen molar-refractivity contribution in [1.82, 2.24) is 5.32 Å². The molecule has 0 aliphatic carbocycles. The first-order valence-corrected chi connectivity index (χ1v) is 7.48. The molecule has 0 aromatic heterocycles. The molecule has 0 saturated carbocycles. The summed E-state index contributed by atoms with van der Waals surface area (Å²) in [5.74, 6) is -0.423. The zero-order valence-corrected chi connectivity index (χ0v) is 13.3. The van der Waals surface area contributed by atoms with Crippen molar-refractivity contribution < 1.29 is 14.3 Å². The number of benzene rings is 1. The summed E-state index contributed by atoms with van der Waals surface area (Å²) in [5, 5.41) is 3.49. The Kier molecular flexibility index (Phi) is 5.01. The molecule has 0 bridgehead atoms. The summed E-state index contributed by atoms with van der Waals surface area (Å²) < 4.78 is 11.0. The molecule has 1 aromatic rings. The van der Waals surface area contributed by atoms with Gasteiger partial charge in [-0.2, -0.15) is 0 Å². The van der Waals surface area contributed by atoms with Crippen LogP contribution in [0.4, 0.5) is 0 Å². The molecule has 1 aliphatic heterocycles. The number of carbonyl (C=O) groups is 1. The van der Waals surface area contributed by atoms with Gasteiger partial charge in [-0.05, 0) is 33.3 Å². The van der Waals surface area contributed by atoms with Crippen LogP contribution in [0.15, 0.2) is 30.3 Å². The molecule has 0 spiro atoms. The average molecular weight is 291 g/mol. The van der Waals surface area contributed by atoms with Crippen molar-refractivity contribution in [2.24, 2.45) is 5.92 Å². The van der Waals surface area contributed by atoms with E-state index in [1.165, 1.54) is 5.56 Å². The minimum absolute atomic E-state index is 0.00458. The third-order valence-corrected chi connectivity index (χ3v) is 3.55.